The molecule has 1 aromatic rings. The van der Waals surface area contributed by atoms with Gasteiger partial charge in [0, 0.05) is 24.3 Å². The molecule has 0 amide bonds. The second-order valence-electron chi connectivity index (χ2n) is 6.19. The summed E-state index contributed by atoms with van der Waals surface area (Å²) in [5.41, 5.74) is 2.17. The molecule has 116 valence electrons. The van der Waals surface area contributed by atoms with E-state index in [-0.39, 0.29) is 0 Å². The van der Waals surface area contributed by atoms with Gasteiger partial charge in [-0.05, 0) is 64.3 Å². The van der Waals surface area contributed by atoms with Gasteiger partial charge in [-0.1, -0.05) is 6.07 Å². The zero-order chi connectivity index (χ0) is 15.4. The summed E-state index contributed by atoms with van der Waals surface area (Å²) in [7, 11) is 0. The largest absolute Gasteiger partial charge is 0.478 e. The molecule has 1 aliphatic rings. The second-order valence-corrected chi connectivity index (χ2v) is 6.19. The van der Waals surface area contributed by atoms with Gasteiger partial charge in [-0.2, -0.15) is 0 Å². The number of anilines is 1. The number of carboxylic acids is 1. The highest BCUT2D eigenvalue weighted by Crippen LogP contribution is 2.23. The van der Waals surface area contributed by atoms with E-state index in [1.54, 1.807) is 6.07 Å². The summed E-state index contributed by atoms with van der Waals surface area (Å²) in [4.78, 5) is 13.7. The molecule has 1 aliphatic heterocycles. The number of aromatic carboxylic acids is 1. The lowest BCUT2D eigenvalue weighted by atomic mass is 10.0. The van der Waals surface area contributed by atoms with Crippen LogP contribution in [0.15, 0.2) is 18.2 Å². The fourth-order valence-electron chi connectivity index (χ4n) is 3.02. The van der Waals surface area contributed by atoms with Crippen LogP contribution in [0, 0.1) is 6.92 Å². The smallest absolute Gasteiger partial charge is 0.336 e. The molecular formula is C17H26N2O2. The van der Waals surface area contributed by atoms with Crippen molar-refractivity contribution in [3.05, 3.63) is 29.3 Å². The monoisotopic (exact) mass is 290 g/mol. The van der Waals surface area contributed by atoms with Crippen molar-refractivity contribution in [3.8, 4) is 0 Å². The standard InChI is InChI=1S/C17H26N2O2/c1-12(2)19-10-5-6-14(9-11-19)18-16-8-4-7-15(13(16)3)17(20)21/h4,7-8,12,14,18H,5-6,9-11H2,1-3H3,(H,20,21). The first-order valence-electron chi connectivity index (χ1n) is 7.82. The first-order valence-corrected chi connectivity index (χ1v) is 7.82. The number of benzene rings is 1. The molecule has 1 unspecified atom stereocenters. The minimum atomic E-state index is -0.858. The Hall–Kier alpha value is -1.55. The highest BCUT2D eigenvalue weighted by molar-refractivity contribution is 5.91. The van der Waals surface area contributed by atoms with Crippen LogP contribution >= 0.6 is 0 Å². The number of likely N-dealkylation sites (tertiary alicyclic amines) is 1. The Kier molecular flexibility index (Phi) is 5.23. The van der Waals surface area contributed by atoms with Crippen LogP contribution in [0.4, 0.5) is 5.69 Å². The molecule has 21 heavy (non-hydrogen) atoms. The minimum Gasteiger partial charge on any atom is -0.478 e. The Bertz CT molecular complexity index is 500. The van der Waals surface area contributed by atoms with E-state index >= 15 is 0 Å². The lowest BCUT2D eigenvalue weighted by molar-refractivity contribution is 0.0696. The molecule has 2 rings (SSSR count). The van der Waals surface area contributed by atoms with Crippen molar-refractivity contribution in [1.29, 1.82) is 0 Å². The van der Waals surface area contributed by atoms with Crippen molar-refractivity contribution < 1.29 is 9.90 Å². The highest BCUT2D eigenvalue weighted by atomic mass is 16.4. The van der Waals surface area contributed by atoms with Crippen molar-refractivity contribution in [2.24, 2.45) is 0 Å². The highest BCUT2D eigenvalue weighted by Gasteiger charge is 2.19. The van der Waals surface area contributed by atoms with Gasteiger partial charge in [0.05, 0.1) is 5.56 Å². The zero-order valence-electron chi connectivity index (χ0n) is 13.2. The molecule has 2 N–H and O–H groups in total. The topological polar surface area (TPSA) is 52.6 Å². The Morgan fingerprint density at radius 3 is 2.76 bits per heavy atom. The molecule has 1 aromatic carbocycles. The van der Waals surface area contributed by atoms with E-state index in [0.717, 1.165) is 37.2 Å². The summed E-state index contributed by atoms with van der Waals surface area (Å²) in [5, 5.41) is 12.8. The molecule has 1 fully saturated rings. The average molecular weight is 290 g/mol. The Morgan fingerprint density at radius 1 is 1.33 bits per heavy atom. The van der Waals surface area contributed by atoms with Gasteiger partial charge in [0.2, 0.25) is 0 Å². The van der Waals surface area contributed by atoms with Crippen LogP contribution in [0.5, 0.6) is 0 Å². The third-order valence-corrected chi connectivity index (χ3v) is 4.42. The van der Waals surface area contributed by atoms with E-state index in [4.69, 9.17) is 0 Å². The fourth-order valence-corrected chi connectivity index (χ4v) is 3.02. The maximum absolute atomic E-state index is 11.2. The summed E-state index contributed by atoms with van der Waals surface area (Å²) >= 11 is 0. The summed E-state index contributed by atoms with van der Waals surface area (Å²) in [6, 6.07) is 6.48. The third-order valence-electron chi connectivity index (χ3n) is 4.42. The van der Waals surface area contributed by atoms with Crippen LogP contribution < -0.4 is 5.32 Å². The van der Waals surface area contributed by atoms with Crippen LogP contribution in [0.25, 0.3) is 0 Å². The van der Waals surface area contributed by atoms with E-state index in [2.05, 4.69) is 24.1 Å². The zero-order valence-corrected chi connectivity index (χ0v) is 13.2. The third kappa shape index (κ3) is 3.97. The van der Waals surface area contributed by atoms with Gasteiger partial charge in [-0.3, -0.25) is 0 Å². The van der Waals surface area contributed by atoms with Gasteiger partial charge in [-0.15, -0.1) is 0 Å². The maximum atomic E-state index is 11.2. The minimum absolute atomic E-state index is 0.387. The second kappa shape index (κ2) is 6.94. The number of carboxylic acid groups (broad SMARTS) is 1. The van der Waals surface area contributed by atoms with E-state index in [1.807, 2.05) is 19.1 Å². The van der Waals surface area contributed by atoms with Crippen molar-refractivity contribution in [3.63, 3.8) is 0 Å². The molecule has 0 spiro atoms. The molecule has 0 bridgehead atoms. The summed E-state index contributed by atoms with van der Waals surface area (Å²) in [5.74, 6) is -0.858. The van der Waals surface area contributed by atoms with Crippen LogP contribution in [0.3, 0.4) is 0 Å². The van der Waals surface area contributed by atoms with E-state index in [1.165, 1.54) is 6.42 Å². The van der Waals surface area contributed by atoms with Crippen LogP contribution in [-0.2, 0) is 0 Å². The van der Waals surface area contributed by atoms with Gasteiger partial charge in [0.25, 0.3) is 0 Å². The van der Waals surface area contributed by atoms with Crippen LogP contribution in [0.1, 0.15) is 49.0 Å². The predicted octanol–water partition coefficient (Wildman–Crippen LogP) is 3.37. The van der Waals surface area contributed by atoms with Crippen LogP contribution in [-0.4, -0.2) is 41.1 Å². The van der Waals surface area contributed by atoms with Gasteiger partial charge in [0.1, 0.15) is 0 Å². The first-order chi connectivity index (χ1) is 9.99. The van der Waals surface area contributed by atoms with Crippen molar-refractivity contribution in [1.82, 2.24) is 4.90 Å². The quantitative estimate of drug-likeness (QED) is 0.892. The van der Waals surface area contributed by atoms with Crippen LogP contribution in [0.2, 0.25) is 0 Å². The average Bonchev–Trinajstić information content (AvgIpc) is 2.66. The van der Waals surface area contributed by atoms with Crippen molar-refractivity contribution >= 4 is 11.7 Å². The number of nitrogens with one attached hydrogen (secondary N) is 1. The fraction of sp³-hybridized carbons (Fsp3) is 0.588. The van der Waals surface area contributed by atoms with Gasteiger partial charge < -0.3 is 15.3 Å². The molecule has 1 saturated heterocycles. The number of carbonyl (C=O) groups is 1. The lowest BCUT2D eigenvalue weighted by Crippen LogP contribution is -2.32. The molecule has 0 radical (unpaired) electrons. The molecule has 1 atom stereocenters. The maximum Gasteiger partial charge on any atom is 0.336 e. The number of hydrogen-bond acceptors (Lipinski definition) is 3. The normalized spacial score (nSPS) is 20.3. The molecular weight excluding hydrogens is 264 g/mol. The van der Waals surface area contributed by atoms with Gasteiger partial charge >= 0.3 is 5.97 Å². The van der Waals surface area contributed by atoms with Gasteiger partial charge in [-0.25, -0.2) is 4.79 Å². The van der Waals surface area contributed by atoms with Crippen molar-refractivity contribution in [2.75, 3.05) is 18.4 Å². The van der Waals surface area contributed by atoms with Gasteiger partial charge in [0.15, 0.2) is 0 Å². The van der Waals surface area contributed by atoms with E-state index in [9.17, 15) is 9.90 Å². The Balaban J connectivity index is 2.05. The molecule has 4 nitrogen and oxygen atoms in total. The number of rotatable bonds is 4. The first kappa shape index (κ1) is 15.8. The summed E-state index contributed by atoms with van der Waals surface area (Å²) in [6.45, 7) is 8.63. The number of nitrogens with zero attached hydrogens (tertiary/aromatic N) is 1. The molecule has 0 aromatic heterocycles. The predicted molar refractivity (Wildman–Crippen MR) is 86.1 cm³/mol. The summed E-state index contributed by atoms with van der Waals surface area (Å²) < 4.78 is 0. The molecule has 0 aliphatic carbocycles. The van der Waals surface area contributed by atoms with E-state index in [0.29, 0.717) is 17.6 Å². The molecule has 0 saturated carbocycles. The molecule has 1 heterocycles. The summed E-state index contributed by atoms with van der Waals surface area (Å²) in [6.07, 6.45) is 3.43. The Morgan fingerprint density at radius 2 is 2.10 bits per heavy atom. The van der Waals surface area contributed by atoms with E-state index < -0.39 is 5.97 Å². The molecule has 4 heteroatoms. The SMILES string of the molecule is Cc1c(NC2CCCN(C(C)C)CC2)cccc1C(=O)O. The Labute approximate surface area is 127 Å². The lowest BCUT2D eigenvalue weighted by Gasteiger charge is -2.24. The van der Waals surface area contributed by atoms with Crippen molar-refractivity contribution in [2.45, 2.75) is 52.1 Å². The number of hydrogen-bond donors (Lipinski definition) is 2.